The molecule has 0 aliphatic rings. The first-order chi connectivity index (χ1) is 5.27. The molecule has 0 aromatic heterocycles. The van der Waals surface area contributed by atoms with E-state index in [2.05, 4.69) is 44.6 Å². The molecule has 12 heavy (non-hydrogen) atoms. The van der Waals surface area contributed by atoms with Gasteiger partial charge in [-0.3, -0.25) is 0 Å². The third-order valence-corrected chi connectivity index (χ3v) is 1.49. The first-order valence-electron chi connectivity index (χ1n) is 4.34. The summed E-state index contributed by atoms with van der Waals surface area (Å²) in [5, 5.41) is 3.80. The number of oxime groups is 1. The molecule has 0 N–H and O–H groups in total. The second-order valence-corrected chi connectivity index (χ2v) is 5.14. The van der Waals surface area contributed by atoms with Gasteiger partial charge in [0.05, 0.1) is 0 Å². The van der Waals surface area contributed by atoms with E-state index in [1.54, 1.807) is 7.11 Å². The van der Waals surface area contributed by atoms with Gasteiger partial charge in [-0.1, -0.05) is 39.8 Å². The van der Waals surface area contributed by atoms with E-state index in [9.17, 15) is 0 Å². The summed E-state index contributed by atoms with van der Waals surface area (Å²) in [5.74, 6) is 0. The number of hydrogen-bond donors (Lipinski definition) is 0. The van der Waals surface area contributed by atoms with Crippen LogP contribution < -0.4 is 0 Å². The fourth-order valence-electron chi connectivity index (χ4n) is 1.61. The molecular formula is C10H21NO. The molecule has 0 aromatic carbocycles. The average Bonchev–Trinajstić information content (AvgIpc) is 1.78. The SMILES string of the molecule is CO/N=C/C(C)(C)CC(C)(C)C. The molecule has 72 valence electrons. The minimum absolute atomic E-state index is 0.119. The summed E-state index contributed by atoms with van der Waals surface area (Å²) >= 11 is 0. The molecule has 0 aliphatic heterocycles. The quantitative estimate of drug-likeness (QED) is 0.472. The minimum atomic E-state index is 0.119. The predicted molar refractivity (Wildman–Crippen MR) is 53.4 cm³/mol. The zero-order chi connectivity index (χ0) is 9.83. The number of hydrogen-bond acceptors (Lipinski definition) is 2. The first-order valence-corrected chi connectivity index (χ1v) is 4.34. The lowest BCUT2D eigenvalue weighted by molar-refractivity contribution is 0.206. The lowest BCUT2D eigenvalue weighted by atomic mass is 9.77. The van der Waals surface area contributed by atoms with E-state index >= 15 is 0 Å². The summed E-state index contributed by atoms with van der Waals surface area (Å²) in [6.45, 7) is 11.0. The lowest BCUT2D eigenvalue weighted by Gasteiger charge is -2.28. The minimum Gasteiger partial charge on any atom is -0.399 e. The maximum Gasteiger partial charge on any atom is 0.106 e. The molecule has 0 saturated heterocycles. The second-order valence-electron chi connectivity index (χ2n) is 5.14. The van der Waals surface area contributed by atoms with E-state index in [-0.39, 0.29) is 5.41 Å². The van der Waals surface area contributed by atoms with E-state index in [1.807, 2.05) is 6.21 Å². The van der Waals surface area contributed by atoms with E-state index in [1.165, 1.54) is 0 Å². The van der Waals surface area contributed by atoms with Crippen LogP contribution >= 0.6 is 0 Å². The molecule has 0 rings (SSSR count). The van der Waals surface area contributed by atoms with Gasteiger partial charge in [0.2, 0.25) is 0 Å². The molecule has 0 fully saturated rings. The highest BCUT2D eigenvalue weighted by Crippen LogP contribution is 2.31. The Morgan fingerprint density at radius 1 is 1.17 bits per heavy atom. The fourth-order valence-corrected chi connectivity index (χ4v) is 1.61. The van der Waals surface area contributed by atoms with Crippen molar-refractivity contribution in [3.8, 4) is 0 Å². The van der Waals surface area contributed by atoms with E-state index < -0.39 is 0 Å². The van der Waals surface area contributed by atoms with Crippen LogP contribution in [0.15, 0.2) is 5.16 Å². The standard InChI is InChI=1S/C10H21NO/c1-9(2,3)7-10(4,5)8-11-12-6/h8H,7H2,1-6H3/b11-8+. The monoisotopic (exact) mass is 171 g/mol. The number of rotatable bonds is 3. The molecule has 0 bridgehead atoms. The van der Waals surface area contributed by atoms with Crippen LogP contribution in [0.25, 0.3) is 0 Å². The van der Waals surface area contributed by atoms with Crippen molar-refractivity contribution in [2.75, 3.05) is 7.11 Å². The van der Waals surface area contributed by atoms with Crippen molar-refractivity contribution < 1.29 is 4.84 Å². The molecule has 0 radical (unpaired) electrons. The Morgan fingerprint density at radius 3 is 2.00 bits per heavy atom. The van der Waals surface area contributed by atoms with Crippen LogP contribution in [0, 0.1) is 10.8 Å². The van der Waals surface area contributed by atoms with E-state index in [4.69, 9.17) is 0 Å². The van der Waals surface area contributed by atoms with Crippen LogP contribution in [-0.4, -0.2) is 13.3 Å². The van der Waals surface area contributed by atoms with Crippen LogP contribution in [0.5, 0.6) is 0 Å². The van der Waals surface area contributed by atoms with Gasteiger partial charge in [-0.05, 0) is 11.8 Å². The van der Waals surface area contributed by atoms with Crippen LogP contribution in [0.1, 0.15) is 41.0 Å². The zero-order valence-corrected chi connectivity index (χ0v) is 9.14. The van der Waals surface area contributed by atoms with Crippen LogP contribution in [0.4, 0.5) is 0 Å². The number of nitrogens with zero attached hydrogens (tertiary/aromatic N) is 1. The normalized spacial score (nSPS) is 13.8. The molecule has 0 heterocycles. The van der Waals surface area contributed by atoms with Gasteiger partial charge in [0.25, 0.3) is 0 Å². The van der Waals surface area contributed by atoms with Crippen molar-refractivity contribution in [1.29, 1.82) is 0 Å². The molecule has 0 unspecified atom stereocenters. The molecular weight excluding hydrogens is 150 g/mol. The van der Waals surface area contributed by atoms with Gasteiger partial charge in [-0.2, -0.15) is 0 Å². The summed E-state index contributed by atoms with van der Waals surface area (Å²) in [5.41, 5.74) is 0.456. The van der Waals surface area contributed by atoms with Gasteiger partial charge in [0.1, 0.15) is 7.11 Å². The van der Waals surface area contributed by atoms with Gasteiger partial charge in [0, 0.05) is 11.6 Å². The van der Waals surface area contributed by atoms with Gasteiger partial charge in [-0.25, -0.2) is 0 Å². The Kier molecular flexibility index (Phi) is 3.75. The Labute approximate surface area is 76.0 Å². The van der Waals surface area contributed by atoms with Crippen LogP contribution in [0.3, 0.4) is 0 Å². The summed E-state index contributed by atoms with van der Waals surface area (Å²) in [4.78, 5) is 4.66. The van der Waals surface area contributed by atoms with Crippen molar-refractivity contribution in [2.24, 2.45) is 16.0 Å². The van der Waals surface area contributed by atoms with E-state index in [0.717, 1.165) is 6.42 Å². The lowest BCUT2D eigenvalue weighted by Crippen LogP contribution is -2.21. The topological polar surface area (TPSA) is 21.6 Å². The van der Waals surface area contributed by atoms with Gasteiger partial charge >= 0.3 is 0 Å². The fraction of sp³-hybridized carbons (Fsp3) is 0.900. The zero-order valence-electron chi connectivity index (χ0n) is 9.14. The van der Waals surface area contributed by atoms with Crippen molar-refractivity contribution in [2.45, 2.75) is 41.0 Å². The Hall–Kier alpha value is -0.530. The highest BCUT2D eigenvalue weighted by Gasteiger charge is 2.23. The summed E-state index contributed by atoms with van der Waals surface area (Å²) in [7, 11) is 1.57. The van der Waals surface area contributed by atoms with Crippen molar-refractivity contribution in [3.05, 3.63) is 0 Å². The highest BCUT2D eigenvalue weighted by atomic mass is 16.6. The van der Waals surface area contributed by atoms with Crippen LogP contribution in [-0.2, 0) is 4.84 Å². The van der Waals surface area contributed by atoms with Crippen molar-refractivity contribution in [3.63, 3.8) is 0 Å². The molecule has 2 heteroatoms. The first kappa shape index (κ1) is 11.5. The molecule has 0 aromatic rings. The van der Waals surface area contributed by atoms with Gasteiger partial charge in [-0.15, -0.1) is 0 Å². The molecule has 0 amide bonds. The largest absolute Gasteiger partial charge is 0.399 e. The summed E-state index contributed by atoms with van der Waals surface area (Å²) in [6.07, 6.45) is 2.98. The maximum atomic E-state index is 4.66. The van der Waals surface area contributed by atoms with E-state index in [0.29, 0.717) is 5.41 Å². The summed E-state index contributed by atoms with van der Waals surface area (Å²) < 4.78 is 0. The van der Waals surface area contributed by atoms with Gasteiger partial charge < -0.3 is 4.84 Å². The van der Waals surface area contributed by atoms with Crippen molar-refractivity contribution in [1.82, 2.24) is 0 Å². The van der Waals surface area contributed by atoms with Gasteiger partial charge in [0.15, 0.2) is 0 Å². The molecule has 0 aliphatic carbocycles. The Bertz CT molecular complexity index is 154. The van der Waals surface area contributed by atoms with Crippen molar-refractivity contribution >= 4 is 6.21 Å². The molecule has 0 atom stereocenters. The Morgan fingerprint density at radius 2 is 1.67 bits per heavy atom. The third kappa shape index (κ3) is 6.20. The average molecular weight is 171 g/mol. The smallest absolute Gasteiger partial charge is 0.106 e. The highest BCUT2D eigenvalue weighted by molar-refractivity contribution is 5.63. The summed E-state index contributed by atoms with van der Waals surface area (Å²) in [6, 6.07) is 0. The third-order valence-electron chi connectivity index (χ3n) is 1.49. The Balaban J connectivity index is 4.13. The molecule has 0 spiro atoms. The molecule has 2 nitrogen and oxygen atoms in total. The van der Waals surface area contributed by atoms with Crippen LogP contribution in [0.2, 0.25) is 0 Å². The predicted octanol–water partition coefficient (Wildman–Crippen LogP) is 3.08. The second kappa shape index (κ2) is 3.92. The molecule has 0 saturated carbocycles. The maximum absolute atomic E-state index is 4.66.